The Hall–Kier alpha value is -2.01. The molecule has 144 valence electrons. The van der Waals surface area contributed by atoms with Crippen LogP contribution in [0, 0.1) is 0 Å². The van der Waals surface area contributed by atoms with Gasteiger partial charge in [-0.05, 0) is 11.1 Å². The smallest absolute Gasteiger partial charge is 0.546 e. The zero-order valence-electron chi connectivity index (χ0n) is 17.2. The lowest BCUT2D eigenvalue weighted by Gasteiger charge is -2.22. The van der Waals surface area contributed by atoms with E-state index in [2.05, 4.69) is 92.7 Å². The Morgan fingerprint density at radius 1 is 0.607 bits per heavy atom. The van der Waals surface area contributed by atoms with Crippen LogP contribution in [0.25, 0.3) is 22.3 Å². The van der Waals surface area contributed by atoms with Gasteiger partial charge in [-0.2, -0.15) is 0 Å². The summed E-state index contributed by atoms with van der Waals surface area (Å²) in [6.45, 7) is 4.55. The van der Waals surface area contributed by atoms with E-state index in [0.29, 0.717) is 0 Å². The SMILES string of the molecule is CCC[CH2][Al]([CH2]CCC)[O]c1c(-c2ccccc2)cccc1-c1ccccc1. The van der Waals surface area contributed by atoms with Crippen molar-refractivity contribution in [3.05, 3.63) is 78.9 Å². The van der Waals surface area contributed by atoms with Crippen molar-refractivity contribution in [1.82, 2.24) is 0 Å². The molecule has 1 nitrogen and oxygen atoms in total. The highest BCUT2D eigenvalue weighted by Gasteiger charge is 2.25. The average molecular weight is 387 g/mol. The first-order chi connectivity index (χ1) is 13.8. The Balaban J connectivity index is 2.04. The van der Waals surface area contributed by atoms with Crippen molar-refractivity contribution < 1.29 is 3.79 Å². The summed E-state index contributed by atoms with van der Waals surface area (Å²) in [5.41, 5.74) is 4.89. The maximum Gasteiger partial charge on any atom is 0.546 e. The number of hydrogen-bond acceptors (Lipinski definition) is 1. The third-order valence-electron chi connectivity index (χ3n) is 5.23. The molecule has 2 heteroatoms. The molecule has 0 aliphatic rings. The molecular weight excluding hydrogens is 355 g/mol. The maximum atomic E-state index is 6.93. The molecule has 0 fully saturated rings. The second-order valence-electron chi connectivity index (χ2n) is 7.44. The first-order valence-electron chi connectivity index (χ1n) is 10.7. The highest BCUT2D eigenvalue weighted by atomic mass is 27.2. The van der Waals surface area contributed by atoms with Gasteiger partial charge in [0.25, 0.3) is 0 Å². The molecule has 0 aliphatic carbocycles. The van der Waals surface area contributed by atoms with E-state index in [1.54, 1.807) is 0 Å². The fraction of sp³-hybridized carbons (Fsp3) is 0.308. The Bertz CT molecular complexity index is 764. The van der Waals surface area contributed by atoms with Crippen molar-refractivity contribution in [3.8, 4) is 28.0 Å². The van der Waals surface area contributed by atoms with E-state index in [-0.39, 0.29) is 0 Å². The molecule has 0 saturated heterocycles. The minimum absolute atomic E-state index is 1.09. The molecule has 28 heavy (non-hydrogen) atoms. The van der Waals surface area contributed by atoms with Crippen molar-refractivity contribution in [1.29, 1.82) is 0 Å². The standard InChI is InChI=1S/C18H14O.2C4H9.Al/c19-18-16(14-8-3-1-4-9-14)12-7-13-17(18)15-10-5-2-6-11-15;2*1-3-4-2;/h1-13,19H;2*1,3-4H2,2H3;/q;;;+1/p-1. The highest BCUT2D eigenvalue weighted by Crippen LogP contribution is 2.40. The molecule has 0 saturated carbocycles. The van der Waals surface area contributed by atoms with Gasteiger partial charge < -0.3 is 3.79 Å². The van der Waals surface area contributed by atoms with Crippen LogP contribution in [-0.2, 0) is 0 Å². The summed E-state index contributed by atoms with van der Waals surface area (Å²) in [4.78, 5) is 0. The number of unbranched alkanes of at least 4 members (excludes halogenated alkanes) is 2. The summed E-state index contributed by atoms with van der Waals surface area (Å²) in [6, 6.07) is 27.9. The summed E-state index contributed by atoms with van der Waals surface area (Å²) < 4.78 is 6.93. The molecule has 0 unspecified atom stereocenters. The van der Waals surface area contributed by atoms with E-state index in [1.165, 1.54) is 58.5 Å². The predicted octanol–water partition coefficient (Wildman–Crippen LogP) is 7.99. The number of benzene rings is 3. The van der Waals surface area contributed by atoms with Crippen molar-refractivity contribution in [2.75, 3.05) is 0 Å². The van der Waals surface area contributed by atoms with Crippen LogP contribution < -0.4 is 3.79 Å². The summed E-state index contributed by atoms with van der Waals surface area (Å²) in [7, 11) is 0. The fourth-order valence-electron chi connectivity index (χ4n) is 3.65. The molecule has 3 rings (SSSR count). The lowest BCUT2D eigenvalue weighted by atomic mass is 9.97. The minimum atomic E-state index is -1.30. The highest BCUT2D eigenvalue weighted by molar-refractivity contribution is 6.52. The molecule has 0 spiro atoms. The van der Waals surface area contributed by atoms with Crippen LogP contribution in [0.1, 0.15) is 39.5 Å². The summed E-state index contributed by atoms with van der Waals surface area (Å²) in [5.74, 6) is 1.09. The summed E-state index contributed by atoms with van der Waals surface area (Å²) in [5, 5.41) is 2.52. The molecule has 3 aromatic rings. The minimum Gasteiger partial charge on any atom is -0.642 e. The van der Waals surface area contributed by atoms with Gasteiger partial charge in [-0.1, -0.05) is 129 Å². The van der Waals surface area contributed by atoms with Gasteiger partial charge in [0, 0.05) is 11.1 Å². The molecule has 0 radical (unpaired) electrons. The molecule has 0 amide bonds. The number of hydrogen-bond donors (Lipinski definition) is 0. The molecule has 0 aliphatic heterocycles. The van der Waals surface area contributed by atoms with Crippen LogP contribution in [0.3, 0.4) is 0 Å². The van der Waals surface area contributed by atoms with Gasteiger partial charge in [0.15, 0.2) is 0 Å². The van der Waals surface area contributed by atoms with Gasteiger partial charge in [-0.3, -0.25) is 0 Å². The van der Waals surface area contributed by atoms with E-state index in [4.69, 9.17) is 3.79 Å². The zero-order valence-corrected chi connectivity index (χ0v) is 18.4. The van der Waals surface area contributed by atoms with Gasteiger partial charge >= 0.3 is 14.5 Å². The zero-order chi connectivity index (χ0) is 19.6. The molecule has 0 bridgehead atoms. The van der Waals surface area contributed by atoms with E-state index in [9.17, 15) is 0 Å². The van der Waals surface area contributed by atoms with Gasteiger partial charge in [0.1, 0.15) is 0 Å². The van der Waals surface area contributed by atoms with Crippen molar-refractivity contribution in [2.24, 2.45) is 0 Å². The second-order valence-corrected chi connectivity index (χ2v) is 10.1. The van der Waals surface area contributed by atoms with E-state index >= 15 is 0 Å². The Morgan fingerprint density at radius 3 is 1.50 bits per heavy atom. The summed E-state index contributed by atoms with van der Waals surface area (Å²) in [6.07, 6.45) is 5.03. The average Bonchev–Trinajstić information content (AvgIpc) is 2.77. The van der Waals surface area contributed by atoms with Gasteiger partial charge in [-0.25, -0.2) is 0 Å². The predicted molar refractivity (Wildman–Crippen MR) is 123 cm³/mol. The third kappa shape index (κ3) is 5.51. The number of para-hydroxylation sites is 1. The Morgan fingerprint density at radius 2 is 1.07 bits per heavy atom. The molecule has 0 aromatic heterocycles. The normalized spacial score (nSPS) is 10.6. The molecular formula is C26H31AlO. The van der Waals surface area contributed by atoms with E-state index in [1.807, 2.05) is 0 Å². The largest absolute Gasteiger partial charge is 0.642 e. The van der Waals surface area contributed by atoms with Crippen LogP contribution in [0.4, 0.5) is 0 Å². The van der Waals surface area contributed by atoms with Crippen LogP contribution in [-0.4, -0.2) is 14.5 Å². The Labute approximate surface area is 175 Å². The molecule has 0 heterocycles. The second kappa shape index (κ2) is 11.1. The van der Waals surface area contributed by atoms with E-state index < -0.39 is 14.5 Å². The first-order valence-corrected chi connectivity index (χ1v) is 12.8. The maximum absolute atomic E-state index is 6.93. The summed E-state index contributed by atoms with van der Waals surface area (Å²) >= 11 is -1.30. The lowest BCUT2D eigenvalue weighted by Crippen LogP contribution is -2.22. The quantitative estimate of drug-likeness (QED) is 0.321. The first kappa shape index (κ1) is 20.7. The molecule has 0 N–H and O–H groups in total. The van der Waals surface area contributed by atoms with Crippen LogP contribution in [0.5, 0.6) is 5.75 Å². The van der Waals surface area contributed by atoms with Crippen LogP contribution >= 0.6 is 0 Å². The third-order valence-corrected chi connectivity index (χ3v) is 7.90. The fourth-order valence-corrected chi connectivity index (χ4v) is 6.49. The van der Waals surface area contributed by atoms with Crippen molar-refractivity contribution in [2.45, 2.75) is 50.1 Å². The van der Waals surface area contributed by atoms with E-state index in [0.717, 1.165) is 5.75 Å². The number of rotatable bonds is 10. The Kier molecular flexibility index (Phi) is 8.22. The van der Waals surface area contributed by atoms with Crippen LogP contribution in [0.15, 0.2) is 78.9 Å². The lowest BCUT2D eigenvalue weighted by molar-refractivity contribution is 0.556. The van der Waals surface area contributed by atoms with Gasteiger partial charge in [0.2, 0.25) is 0 Å². The van der Waals surface area contributed by atoms with Crippen LogP contribution in [0.2, 0.25) is 10.6 Å². The topological polar surface area (TPSA) is 9.23 Å². The molecule has 0 atom stereocenters. The van der Waals surface area contributed by atoms with Crippen molar-refractivity contribution >= 4 is 14.5 Å². The van der Waals surface area contributed by atoms with Gasteiger partial charge in [0.05, 0.1) is 5.75 Å². The monoisotopic (exact) mass is 386 g/mol. The van der Waals surface area contributed by atoms with Gasteiger partial charge in [-0.15, -0.1) is 0 Å². The van der Waals surface area contributed by atoms with Crippen molar-refractivity contribution in [3.63, 3.8) is 0 Å². The molecule has 3 aromatic carbocycles.